The molecular weight excluding hydrogens is 514 g/mol. The van der Waals surface area contributed by atoms with Crippen molar-refractivity contribution in [1.82, 2.24) is 10.2 Å². The standard InChI is InChI=1S/C29H27N5O4S/c1-38-24-14-8-7-13-22(24)31-26(36)18-39-29-33-21-12-6-5-11-20(21)27-32-23(28(37)34(27)29)17-25(35)30-16-15-19-9-3-2-4-10-19/h2-14,23H,15-18H2,1H3,(H,30,35)(H,31,36)/t23-/m1/s1. The minimum atomic E-state index is -0.865. The number of methoxy groups -OCH3 is 1. The predicted molar refractivity (Wildman–Crippen MR) is 153 cm³/mol. The Labute approximate surface area is 230 Å². The molecule has 0 unspecified atom stereocenters. The van der Waals surface area contributed by atoms with Crippen LogP contribution in [-0.2, 0) is 20.8 Å². The third kappa shape index (κ3) is 6.01. The second-order valence-electron chi connectivity index (χ2n) is 8.88. The smallest absolute Gasteiger partial charge is 0.259 e. The summed E-state index contributed by atoms with van der Waals surface area (Å²) < 4.78 is 5.29. The molecule has 2 aliphatic heterocycles. The topological polar surface area (TPSA) is 112 Å². The molecule has 0 radical (unpaired) electrons. The highest BCUT2D eigenvalue weighted by Crippen LogP contribution is 2.34. The number of rotatable bonds is 9. The number of para-hydroxylation sites is 3. The highest BCUT2D eigenvalue weighted by molar-refractivity contribution is 8.14. The van der Waals surface area contributed by atoms with Crippen LogP contribution < -0.4 is 15.4 Å². The van der Waals surface area contributed by atoms with Crippen LogP contribution in [0, 0.1) is 0 Å². The average Bonchev–Trinajstić information content (AvgIpc) is 3.28. The number of amidine groups is 2. The quantitative estimate of drug-likeness (QED) is 0.428. The van der Waals surface area contributed by atoms with Gasteiger partial charge in [-0.1, -0.05) is 66.4 Å². The molecule has 10 heteroatoms. The Morgan fingerprint density at radius 1 is 0.974 bits per heavy atom. The average molecular weight is 542 g/mol. The third-order valence-corrected chi connectivity index (χ3v) is 7.16. The molecule has 198 valence electrons. The lowest BCUT2D eigenvalue weighted by atomic mass is 10.1. The van der Waals surface area contributed by atoms with E-state index in [0.717, 1.165) is 17.3 Å². The molecule has 0 saturated heterocycles. The molecular formula is C29H27N5O4S. The van der Waals surface area contributed by atoms with E-state index in [9.17, 15) is 14.4 Å². The summed E-state index contributed by atoms with van der Waals surface area (Å²) in [6.45, 7) is 0.469. The normalized spacial score (nSPS) is 15.6. The summed E-state index contributed by atoms with van der Waals surface area (Å²) in [7, 11) is 1.54. The zero-order chi connectivity index (χ0) is 27.2. The number of carbonyl (C=O) groups is 3. The zero-order valence-electron chi connectivity index (χ0n) is 21.3. The molecule has 2 heterocycles. The highest BCUT2D eigenvalue weighted by Gasteiger charge is 2.42. The molecule has 3 aromatic carbocycles. The van der Waals surface area contributed by atoms with Gasteiger partial charge in [-0.15, -0.1) is 0 Å². The van der Waals surface area contributed by atoms with Gasteiger partial charge in [0.15, 0.2) is 5.17 Å². The first-order valence-corrected chi connectivity index (χ1v) is 13.5. The molecule has 39 heavy (non-hydrogen) atoms. The molecule has 2 N–H and O–H groups in total. The minimum Gasteiger partial charge on any atom is -0.495 e. The zero-order valence-corrected chi connectivity index (χ0v) is 22.1. The SMILES string of the molecule is COc1ccccc1NC(=O)CSC1=Nc2ccccc2C2=N[C@H](CC(=O)NCCc3ccccc3)C(=O)N12. The van der Waals surface area contributed by atoms with E-state index >= 15 is 0 Å². The first-order valence-electron chi connectivity index (χ1n) is 12.5. The Morgan fingerprint density at radius 2 is 1.72 bits per heavy atom. The van der Waals surface area contributed by atoms with Gasteiger partial charge in [0.1, 0.15) is 17.6 Å². The number of thioether (sulfide) groups is 1. The Hall–Kier alpha value is -4.44. The van der Waals surface area contributed by atoms with Gasteiger partial charge in [0.25, 0.3) is 5.91 Å². The summed E-state index contributed by atoms with van der Waals surface area (Å²) in [5.41, 5.74) is 3.04. The van der Waals surface area contributed by atoms with Gasteiger partial charge in [-0.05, 0) is 36.2 Å². The number of amides is 3. The number of benzene rings is 3. The van der Waals surface area contributed by atoms with Crippen molar-refractivity contribution in [1.29, 1.82) is 0 Å². The molecule has 5 rings (SSSR count). The summed E-state index contributed by atoms with van der Waals surface area (Å²) >= 11 is 1.14. The monoisotopic (exact) mass is 541 g/mol. The van der Waals surface area contributed by atoms with Gasteiger partial charge in [-0.25, -0.2) is 9.89 Å². The maximum atomic E-state index is 13.4. The summed E-state index contributed by atoms with van der Waals surface area (Å²) in [6, 6.07) is 23.5. The van der Waals surface area contributed by atoms with E-state index in [4.69, 9.17) is 4.74 Å². The molecule has 0 aromatic heterocycles. The number of fused-ring (bicyclic) bond motifs is 3. The van der Waals surface area contributed by atoms with E-state index in [-0.39, 0.29) is 29.9 Å². The fraction of sp³-hybridized carbons (Fsp3) is 0.207. The van der Waals surface area contributed by atoms with Crippen molar-refractivity contribution in [2.75, 3.05) is 24.7 Å². The fourth-order valence-corrected chi connectivity index (χ4v) is 5.14. The number of nitrogens with one attached hydrogen (secondary N) is 2. The minimum absolute atomic E-state index is 0.0146. The van der Waals surface area contributed by atoms with Crippen molar-refractivity contribution in [3.8, 4) is 5.75 Å². The second kappa shape index (κ2) is 12.0. The molecule has 3 amide bonds. The number of ether oxygens (including phenoxy) is 1. The van der Waals surface area contributed by atoms with E-state index in [1.165, 1.54) is 12.0 Å². The van der Waals surface area contributed by atoms with Crippen molar-refractivity contribution >= 4 is 51.9 Å². The van der Waals surface area contributed by atoms with Crippen molar-refractivity contribution in [2.24, 2.45) is 9.98 Å². The van der Waals surface area contributed by atoms with Gasteiger partial charge in [0, 0.05) is 12.1 Å². The lowest BCUT2D eigenvalue weighted by molar-refractivity contribution is -0.128. The Bertz CT molecular complexity index is 1460. The Balaban J connectivity index is 1.25. The van der Waals surface area contributed by atoms with Crippen LogP contribution >= 0.6 is 11.8 Å². The van der Waals surface area contributed by atoms with Gasteiger partial charge >= 0.3 is 0 Å². The van der Waals surface area contributed by atoms with Gasteiger partial charge < -0.3 is 15.4 Å². The molecule has 0 aliphatic carbocycles. The van der Waals surface area contributed by atoms with Crippen molar-refractivity contribution in [3.63, 3.8) is 0 Å². The molecule has 2 aliphatic rings. The lowest BCUT2D eigenvalue weighted by Gasteiger charge is -2.25. The van der Waals surface area contributed by atoms with Crippen LogP contribution in [0.2, 0.25) is 0 Å². The number of hydrogen-bond donors (Lipinski definition) is 2. The van der Waals surface area contributed by atoms with Gasteiger partial charge in [-0.2, -0.15) is 0 Å². The molecule has 0 saturated carbocycles. The van der Waals surface area contributed by atoms with Crippen LogP contribution in [0.1, 0.15) is 17.5 Å². The number of nitrogens with zero attached hydrogens (tertiary/aromatic N) is 3. The number of carbonyl (C=O) groups excluding carboxylic acids is 3. The van der Waals surface area contributed by atoms with Gasteiger partial charge in [0.2, 0.25) is 11.8 Å². The molecule has 0 spiro atoms. The Kier molecular flexibility index (Phi) is 8.02. The van der Waals surface area contributed by atoms with Crippen LogP contribution in [0.4, 0.5) is 11.4 Å². The summed E-state index contributed by atoms with van der Waals surface area (Å²) in [6.07, 6.45) is 0.631. The van der Waals surface area contributed by atoms with Gasteiger partial charge in [-0.3, -0.25) is 19.4 Å². The highest BCUT2D eigenvalue weighted by atomic mass is 32.2. The first kappa shape index (κ1) is 26.2. The van der Waals surface area contributed by atoms with E-state index in [2.05, 4.69) is 20.6 Å². The second-order valence-corrected chi connectivity index (χ2v) is 9.82. The van der Waals surface area contributed by atoms with E-state index in [0.29, 0.717) is 46.7 Å². The van der Waals surface area contributed by atoms with E-state index < -0.39 is 6.04 Å². The van der Waals surface area contributed by atoms with Crippen LogP contribution in [-0.4, -0.2) is 59.1 Å². The third-order valence-electron chi connectivity index (χ3n) is 6.22. The fourth-order valence-electron chi connectivity index (χ4n) is 4.33. The van der Waals surface area contributed by atoms with Gasteiger partial charge in [0.05, 0.1) is 30.7 Å². The number of anilines is 1. The molecule has 1 atom stereocenters. The van der Waals surface area contributed by atoms with E-state index in [1.54, 1.807) is 18.2 Å². The maximum Gasteiger partial charge on any atom is 0.259 e. The lowest BCUT2D eigenvalue weighted by Crippen LogP contribution is -2.42. The largest absolute Gasteiger partial charge is 0.495 e. The maximum absolute atomic E-state index is 13.4. The first-order chi connectivity index (χ1) is 19.0. The summed E-state index contributed by atoms with van der Waals surface area (Å²) in [5.74, 6) is 0.152. The molecule has 0 fully saturated rings. The number of hydrogen-bond acceptors (Lipinski definition) is 7. The number of aliphatic imine (C=N–C) groups is 2. The van der Waals surface area contributed by atoms with Crippen molar-refractivity contribution in [2.45, 2.75) is 18.9 Å². The van der Waals surface area contributed by atoms with Crippen LogP contribution in [0.5, 0.6) is 5.75 Å². The Morgan fingerprint density at radius 3 is 2.54 bits per heavy atom. The summed E-state index contributed by atoms with van der Waals surface area (Å²) in [5, 5.41) is 6.06. The summed E-state index contributed by atoms with van der Waals surface area (Å²) in [4.78, 5) is 49.5. The molecule has 0 bridgehead atoms. The molecule has 9 nitrogen and oxygen atoms in total. The van der Waals surface area contributed by atoms with E-state index in [1.807, 2.05) is 60.7 Å². The van der Waals surface area contributed by atoms with Crippen molar-refractivity contribution in [3.05, 3.63) is 90.0 Å². The van der Waals surface area contributed by atoms with Crippen LogP contribution in [0.3, 0.4) is 0 Å². The van der Waals surface area contributed by atoms with Crippen LogP contribution in [0.15, 0.2) is 88.8 Å². The predicted octanol–water partition coefficient (Wildman–Crippen LogP) is 3.77. The van der Waals surface area contributed by atoms with Crippen molar-refractivity contribution < 1.29 is 19.1 Å². The molecule has 3 aromatic rings. The van der Waals surface area contributed by atoms with Crippen LogP contribution in [0.25, 0.3) is 0 Å².